The lowest BCUT2D eigenvalue weighted by Crippen LogP contribution is -2.32. The zero-order valence-electron chi connectivity index (χ0n) is 10.6. The van der Waals surface area contributed by atoms with Crippen LogP contribution >= 0.6 is 0 Å². The number of hydrogen-bond donors (Lipinski definition) is 3. The van der Waals surface area contributed by atoms with E-state index < -0.39 is 9.84 Å². The van der Waals surface area contributed by atoms with E-state index in [2.05, 4.69) is 10.6 Å². The molecule has 1 amide bonds. The quantitative estimate of drug-likeness (QED) is 0.693. The summed E-state index contributed by atoms with van der Waals surface area (Å²) in [6.07, 6.45) is 2.43. The molecule has 2 rings (SSSR count). The third-order valence-corrected chi connectivity index (χ3v) is 4.24. The number of rotatable bonds is 4. The lowest BCUT2D eigenvalue weighted by atomic mass is 10.2. The number of nitrogens with two attached hydrogens (primary N) is 1. The number of carbonyl (C=O) groups is 1. The summed E-state index contributed by atoms with van der Waals surface area (Å²) in [6, 6.07) is 4.91. The van der Waals surface area contributed by atoms with Crippen molar-refractivity contribution in [2.24, 2.45) is 0 Å². The molecular formula is C12H17N3O3S. The second-order valence-corrected chi connectivity index (χ2v) is 6.66. The van der Waals surface area contributed by atoms with Crippen LogP contribution < -0.4 is 16.4 Å². The predicted octanol–water partition coefficient (Wildman–Crippen LogP) is 0.363. The summed E-state index contributed by atoms with van der Waals surface area (Å²) >= 11 is 0. The fourth-order valence-corrected chi connectivity index (χ4v) is 2.92. The van der Waals surface area contributed by atoms with E-state index in [0.29, 0.717) is 18.7 Å². The molecule has 1 aromatic carbocycles. The maximum Gasteiger partial charge on any atom is 0.220 e. The van der Waals surface area contributed by atoms with E-state index in [9.17, 15) is 13.2 Å². The number of benzene rings is 1. The van der Waals surface area contributed by atoms with Gasteiger partial charge in [-0.2, -0.15) is 0 Å². The zero-order chi connectivity index (χ0) is 14.0. The summed E-state index contributed by atoms with van der Waals surface area (Å²) < 4.78 is 23.1. The highest BCUT2D eigenvalue weighted by Gasteiger charge is 2.21. The molecule has 19 heavy (non-hydrogen) atoms. The van der Waals surface area contributed by atoms with Crippen LogP contribution in [0.4, 0.5) is 11.4 Å². The van der Waals surface area contributed by atoms with Gasteiger partial charge in [0.25, 0.3) is 0 Å². The Balaban J connectivity index is 2.11. The van der Waals surface area contributed by atoms with Crippen molar-refractivity contribution >= 4 is 27.1 Å². The van der Waals surface area contributed by atoms with Gasteiger partial charge in [0.05, 0.1) is 16.3 Å². The van der Waals surface area contributed by atoms with Gasteiger partial charge in [0.15, 0.2) is 9.84 Å². The van der Waals surface area contributed by atoms with Gasteiger partial charge in [-0.25, -0.2) is 8.42 Å². The maximum atomic E-state index is 11.5. The molecule has 1 fully saturated rings. The molecule has 1 aliphatic rings. The summed E-state index contributed by atoms with van der Waals surface area (Å²) in [7, 11) is -3.34. The molecule has 0 radical (unpaired) electrons. The predicted molar refractivity (Wildman–Crippen MR) is 73.6 cm³/mol. The molecule has 7 heteroatoms. The molecule has 1 atom stereocenters. The van der Waals surface area contributed by atoms with E-state index in [4.69, 9.17) is 5.73 Å². The molecule has 0 aromatic heterocycles. The highest BCUT2D eigenvalue weighted by Crippen LogP contribution is 2.26. The number of nitrogens with one attached hydrogen (secondary N) is 2. The fourth-order valence-electron chi connectivity index (χ4n) is 2.09. The van der Waals surface area contributed by atoms with Crippen LogP contribution in [-0.2, 0) is 14.6 Å². The third-order valence-electron chi connectivity index (χ3n) is 3.09. The standard InChI is InChI=1S/C12H17N3O3S/c1-19(17,18)10-4-2-3-9(12(10)13)14-7-8-5-6-11(16)15-8/h2-4,8,14H,5-7,13H2,1H3,(H,15,16). The molecule has 4 N–H and O–H groups in total. The first-order valence-corrected chi connectivity index (χ1v) is 7.89. The highest BCUT2D eigenvalue weighted by atomic mass is 32.2. The fraction of sp³-hybridized carbons (Fsp3) is 0.417. The van der Waals surface area contributed by atoms with Crippen molar-refractivity contribution in [2.45, 2.75) is 23.8 Å². The summed E-state index contributed by atoms with van der Waals surface area (Å²) in [6.45, 7) is 0.531. The summed E-state index contributed by atoms with van der Waals surface area (Å²) in [5.41, 5.74) is 6.64. The Morgan fingerprint density at radius 2 is 2.21 bits per heavy atom. The van der Waals surface area contributed by atoms with Gasteiger partial charge in [0.2, 0.25) is 5.91 Å². The largest absolute Gasteiger partial charge is 0.396 e. The van der Waals surface area contributed by atoms with Gasteiger partial charge in [-0.1, -0.05) is 6.07 Å². The van der Waals surface area contributed by atoms with Crippen molar-refractivity contribution < 1.29 is 13.2 Å². The summed E-state index contributed by atoms with van der Waals surface area (Å²) in [5.74, 6) is 0.0460. The molecule has 0 aliphatic carbocycles. The first kappa shape index (κ1) is 13.7. The SMILES string of the molecule is CS(=O)(=O)c1cccc(NCC2CCC(=O)N2)c1N. The number of sulfone groups is 1. The Bertz CT molecular complexity index is 598. The Morgan fingerprint density at radius 1 is 1.47 bits per heavy atom. The first-order valence-electron chi connectivity index (χ1n) is 5.99. The molecule has 1 unspecified atom stereocenters. The topological polar surface area (TPSA) is 101 Å². The van der Waals surface area contributed by atoms with Crippen LogP contribution in [0.5, 0.6) is 0 Å². The van der Waals surface area contributed by atoms with Crippen molar-refractivity contribution in [3.8, 4) is 0 Å². The number of anilines is 2. The van der Waals surface area contributed by atoms with Crippen LogP contribution in [0.3, 0.4) is 0 Å². The van der Waals surface area contributed by atoms with Gasteiger partial charge in [-0.05, 0) is 18.6 Å². The van der Waals surface area contributed by atoms with Crippen molar-refractivity contribution in [1.82, 2.24) is 5.32 Å². The number of hydrogen-bond acceptors (Lipinski definition) is 5. The van der Waals surface area contributed by atoms with Gasteiger partial charge in [0.1, 0.15) is 0 Å². The van der Waals surface area contributed by atoms with E-state index in [1.807, 2.05) is 0 Å². The molecule has 0 spiro atoms. The van der Waals surface area contributed by atoms with Gasteiger partial charge >= 0.3 is 0 Å². The molecule has 1 saturated heterocycles. The van der Waals surface area contributed by atoms with Crippen molar-refractivity contribution in [2.75, 3.05) is 23.9 Å². The monoisotopic (exact) mass is 283 g/mol. The van der Waals surface area contributed by atoms with Crippen molar-refractivity contribution in [1.29, 1.82) is 0 Å². The minimum atomic E-state index is -3.34. The minimum absolute atomic E-state index is 0.0460. The van der Waals surface area contributed by atoms with E-state index in [0.717, 1.165) is 12.7 Å². The molecule has 6 nitrogen and oxygen atoms in total. The lowest BCUT2D eigenvalue weighted by Gasteiger charge is -2.15. The first-order chi connectivity index (χ1) is 8.88. The second kappa shape index (κ2) is 5.08. The van der Waals surface area contributed by atoms with Crippen LogP contribution in [0.25, 0.3) is 0 Å². The summed E-state index contributed by atoms with van der Waals surface area (Å²) in [5, 5.41) is 5.91. The smallest absolute Gasteiger partial charge is 0.220 e. The molecular weight excluding hydrogens is 266 g/mol. The number of amides is 1. The van der Waals surface area contributed by atoms with E-state index in [-0.39, 0.29) is 22.5 Å². The molecule has 104 valence electrons. The van der Waals surface area contributed by atoms with Gasteiger partial charge in [0, 0.05) is 25.3 Å². The van der Waals surface area contributed by atoms with Crippen LogP contribution in [0.2, 0.25) is 0 Å². The molecule has 0 bridgehead atoms. The van der Waals surface area contributed by atoms with E-state index in [1.54, 1.807) is 12.1 Å². The molecule has 0 saturated carbocycles. The third kappa shape index (κ3) is 3.17. The zero-order valence-corrected chi connectivity index (χ0v) is 11.5. The molecule has 1 heterocycles. The van der Waals surface area contributed by atoms with Crippen LogP contribution in [-0.4, -0.2) is 33.2 Å². The van der Waals surface area contributed by atoms with Crippen LogP contribution in [0.15, 0.2) is 23.1 Å². The Kier molecular flexibility index (Phi) is 3.66. The molecule has 1 aliphatic heterocycles. The number of para-hydroxylation sites is 1. The minimum Gasteiger partial charge on any atom is -0.396 e. The molecule has 1 aromatic rings. The lowest BCUT2D eigenvalue weighted by molar-refractivity contribution is -0.119. The number of carbonyl (C=O) groups excluding carboxylic acids is 1. The van der Waals surface area contributed by atoms with Crippen molar-refractivity contribution in [3.05, 3.63) is 18.2 Å². The Morgan fingerprint density at radius 3 is 2.79 bits per heavy atom. The Labute approximate surface area is 112 Å². The number of nitrogen functional groups attached to an aromatic ring is 1. The van der Waals surface area contributed by atoms with Gasteiger partial charge < -0.3 is 16.4 Å². The second-order valence-electron chi connectivity index (χ2n) is 4.67. The normalized spacial score (nSPS) is 19.2. The highest BCUT2D eigenvalue weighted by molar-refractivity contribution is 7.90. The average Bonchev–Trinajstić information content (AvgIpc) is 2.72. The Hall–Kier alpha value is -1.76. The van der Waals surface area contributed by atoms with E-state index >= 15 is 0 Å². The summed E-state index contributed by atoms with van der Waals surface area (Å²) in [4.78, 5) is 11.2. The van der Waals surface area contributed by atoms with Crippen LogP contribution in [0, 0.1) is 0 Å². The van der Waals surface area contributed by atoms with Crippen LogP contribution in [0.1, 0.15) is 12.8 Å². The average molecular weight is 283 g/mol. The van der Waals surface area contributed by atoms with Crippen molar-refractivity contribution in [3.63, 3.8) is 0 Å². The van der Waals surface area contributed by atoms with E-state index in [1.165, 1.54) is 6.07 Å². The maximum absolute atomic E-state index is 11.5. The van der Waals surface area contributed by atoms with Gasteiger partial charge in [-0.3, -0.25) is 4.79 Å². The van der Waals surface area contributed by atoms with Gasteiger partial charge in [-0.15, -0.1) is 0 Å².